The highest BCUT2D eigenvalue weighted by Crippen LogP contribution is 2.10. The Labute approximate surface area is 158 Å². The molecule has 2 N–H and O–H groups in total. The minimum atomic E-state index is 0. The zero-order valence-electron chi connectivity index (χ0n) is 15.1. The second-order valence-corrected chi connectivity index (χ2v) is 5.92. The zero-order valence-corrected chi connectivity index (χ0v) is 17.4. The van der Waals surface area contributed by atoms with Crippen LogP contribution in [0.5, 0.6) is 0 Å². The molecule has 0 bridgehead atoms. The number of halogens is 1. The molecule has 0 amide bonds. The third-order valence-corrected chi connectivity index (χ3v) is 3.76. The van der Waals surface area contributed by atoms with Gasteiger partial charge in [0.1, 0.15) is 0 Å². The Hall–Kier alpha value is -0.820. The summed E-state index contributed by atoms with van der Waals surface area (Å²) >= 11 is 0. The van der Waals surface area contributed by atoms with E-state index in [2.05, 4.69) is 67.6 Å². The maximum absolute atomic E-state index is 5.67. The summed E-state index contributed by atoms with van der Waals surface area (Å²) in [5, 5.41) is 6.80. The summed E-state index contributed by atoms with van der Waals surface area (Å²) in [6.07, 6.45) is 1.05. The molecule has 0 spiro atoms. The fourth-order valence-corrected chi connectivity index (χ4v) is 1.95. The van der Waals surface area contributed by atoms with Gasteiger partial charge in [-0.3, -0.25) is 4.99 Å². The Morgan fingerprint density at radius 3 is 2.39 bits per heavy atom. The van der Waals surface area contributed by atoms with E-state index in [1.165, 1.54) is 11.1 Å². The van der Waals surface area contributed by atoms with Crippen LogP contribution in [0.4, 0.5) is 0 Å². The predicted octanol–water partition coefficient (Wildman–Crippen LogP) is 3.94. The number of rotatable bonds is 8. The van der Waals surface area contributed by atoms with Crippen molar-refractivity contribution in [3.63, 3.8) is 0 Å². The first-order valence-electron chi connectivity index (χ1n) is 8.20. The van der Waals surface area contributed by atoms with Crippen molar-refractivity contribution in [1.29, 1.82) is 0 Å². The Kier molecular flexibility index (Phi) is 12.1. The number of hydrogen-bond acceptors (Lipinski definition) is 2. The topological polar surface area (TPSA) is 45.6 Å². The molecule has 0 saturated carbocycles. The van der Waals surface area contributed by atoms with Gasteiger partial charge < -0.3 is 15.4 Å². The molecule has 4 nitrogen and oxygen atoms in total. The smallest absolute Gasteiger partial charge is 0.191 e. The zero-order chi connectivity index (χ0) is 16.4. The van der Waals surface area contributed by atoms with Gasteiger partial charge >= 0.3 is 0 Å². The van der Waals surface area contributed by atoms with Gasteiger partial charge in [0.05, 0.1) is 6.61 Å². The molecule has 1 aromatic carbocycles. The predicted molar refractivity (Wildman–Crippen MR) is 109 cm³/mol. The number of benzene rings is 1. The molecule has 5 heteroatoms. The molecule has 0 heterocycles. The van der Waals surface area contributed by atoms with Gasteiger partial charge in [-0.1, -0.05) is 45.0 Å². The molecule has 0 aromatic heterocycles. The average Bonchev–Trinajstić information content (AvgIpc) is 2.52. The molecule has 23 heavy (non-hydrogen) atoms. The second kappa shape index (κ2) is 12.6. The Bertz CT molecular complexity index is 463. The van der Waals surface area contributed by atoms with Crippen molar-refractivity contribution in [1.82, 2.24) is 10.6 Å². The highest BCUT2D eigenvalue weighted by atomic mass is 127. The first kappa shape index (κ1) is 22.2. The number of aliphatic imine (C=N–C) groups is 1. The van der Waals surface area contributed by atoms with E-state index in [-0.39, 0.29) is 24.0 Å². The van der Waals surface area contributed by atoms with Crippen molar-refractivity contribution in [2.75, 3.05) is 13.7 Å². The van der Waals surface area contributed by atoms with Gasteiger partial charge in [0.25, 0.3) is 0 Å². The van der Waals surface area contributed by atoms with E-state index in [0.717, 1.165) is 25.5 Å². The molecule has 1 rings (SSSR count). The van der Waals surface area contributed by atoms with E-state index in [0.29, 0.717) is 18.6 Å². The summed E-state index contributed by atoms with van der Waals surface area (Å²) in [5.41, 5.74) is 2.48. The summed E-state index contributed by atoms with van der Waals surface area (Å²) in [4.78, 5) is 4.29. The van der Waals surface area contributed by atoms with Crippen LogP contribution in [0.1, 0.15) is 45.2 Å². The molecular formula is C18H32IN3O. The van der Waals surface area contributed by atoms with Crippen LogP contribution in [-0.4, -0.2) is 25.7 Å². The fraction of sp³-hybridized carbons (Fsp3) is 0.611. The summed E-state index contributed by atoms with van der Waals surface area (Å²) in [7, 11) is 1.80. The molecule has 0 saturated heterocycles. The number of hydrogen-bond donors (Lipinski definition) is 2. The van der Waals surface area contributed by atoms with Crippen molar-refractivity contribution in [3.05, 3.63) is 35.4 Å². The van der Waals surface area contributed by atoms with Gasteiger partial charge in [-0.15, -0.1) is 24.0 Å². The quantitative estimate of drug-likeness (QED) is 0.283. The Morgan fingerprint density at radius 2 is 1.83 bits per heavy atom. The summed E-state index contributed by atoms with van der Waals surface area (Å²) in [6.45, 7) is 10.9. The molecule has 1 aromatic rings. The van der Waals surface area contributed by atoms with Crippen LogP contribution in [0.25, 0.3) is 0 Å². The lowest BCUT2D eigenvalue weighted by atomic mass is 10.1. The van der Waals surface area contributed by atoms with Gasteiger partial charge in [-0.05, 0) is 30.4 Å². The van der Waals surface area contributed by atoms with E-state index in [1.807, 2.05) is 0 Å². The van der Waals surface area contributed by atoms with E-state index in [1.54, 1.807) is 7.05 Å². The molecule has 1 atom stereocenters. The van der Waals surface area contributed by atoms with Crippen LogP contribution >= 0.6 is 24.0 Å². The first-order valence-corrected chi connectivity index (χ1v) is 8.20. The van der Waals surface area contributed by atoms with Gasteiger partial charge in [-0.2, -0.15) is 0 Å². The lowest BCUT2D eigenvalue weighted by molar-refractivity contribution is 0.121. The number of guanidine groups is 1. The van der Waals surface area contributed by atoms with Crippen molar-refractivity contribution < 1.29 is 4.74 Å². The largest absolute Gasteiger partial charge is 0.377 e. The third kappa shape index (κ3) is 8.55. The number of ether oxygens (including phenoxy) is 1. The maximum atomic E-state index is 5.67. The standard InChI is InChI=1S/C18H31N3O.HI/c1-6-11-22-13-17-10-8-7-9-16(17)12-20-18(19-5)21-15(4)14(2)3;/h7-10,14-15H,6,11-13H2,1-5H3,(H2,19,20,21);1H. The second-order valence-electron chi connectivity index (χ2n) is 5.92. The molecule has 132 valence electrons. The highest BCUT2D eigenvalue weighted by molar-refractivity contribution is 14.0. The molecule has 0 aliphatic carbocycles. The van der Waals surface area contributed by atoms with E-state index in [4.69, 9.17) is 4.74 Å². The molecule has 0 aliphatic rings. The fourth-order valence-electron chi connectivity index (χ4n) is 1.95. The SMILES string of the molecule is CCCOCc1ccccc1CNC(=NC)NC(C)C(C)C.I. The Morgan fingerprint density at radius 1 is 1.17 bits per heavy atom. The van der Waals surface area contributed by atoms with Crippen molar-refractivity contribution >= 4 is 29.9 Å². The molecule has 1 unspecified atom stereocenters. The van der Waals surface area contributed by atoms with E-state index < -0.39 is 0 Å². The van der Waals surface area contributed by atoms with E-state index in [9.17, 15) is 0 Å². The first-order chi connectivity index (χ1) is 10.6. The van der Waals surface area contributed by atoms with Crippen LogP contribution in [0.15, 0.2) is 29.3 Å². The molecule has 0 aliphatic heterocycles. The van der Waals surface area contributed by atoms with Gasteiger partial charge in [-0.25, -0.2) is 0 Å². The lowest BCUT2D eigenvalue weighted by Gasteiger charge is -2.21. The number of nitrogens with zero attached hydrogens (tertiary/aromatic N) is 1. The minimum absolute atomic E-state index is 0. The van der Waals surface area contributed by atoms with E-state index >= 15 is 0 Å². The number of nitrogens with one attached hydrogen (secondary N) is 2. The van der Waals surface area contributed by atoms with Gasteiger partial charge in [0, 0.05) is 26.2 Å². The summed E-state index contributed by atoms with van der Waals surface area (Å²) < 4.78 is 5.67. The highest BCUT2D eigenvalue weighted by Gasteiger charge is 2.09. The van der Waals surface area contributed by atoms with Gasteiger partial charge in [0.15, 0.2) is 5.96 Å². The third-order valence-electron chi connectivity index (χ3n) is 3.76. The van der Waals surface area contributed by atoms with Crippen LogP contribution in [0, 0.1) is 5.92 Å². The van der Waals surface area contributed by atoms with Crippen molar-refractivity contribution in [2.45, 2.75) is 53.3 Å². The monoisotopic (exact) mass is 433 g/mol. The molecule has 0 fully saturated rings. The van der Waals surface area contributed by atoms with Crippen LogP contribution in [-0.2, 0) is 17.9 Å². The lowest BCUT2D eigenvalue weighted by Crippen LogP contribution is -2.44. The van der Waals surface area contributed by atoms with Gasteiger partial charge in [0.2, 0.25) is 0 Å². The normalized spacial score (nSPS) is 12.7. The van der Waals surface area contributed by atoms with Crippen LogP contribution < -0.4 is 10.6 Å². The minimum Gasteiger partial charge on any atom is -0.377 e. The molecule has 0 radical (unpaired) electrons. The summed E-state index contributed by atoms with van der Waals surface area (Å²) in [5.74, 6) is 1.40. The van der Waals surface area contributed by atoms with Crippen LogP contribution in [0.2, 0.25) is 0 Å². The van der Waals surface area contributed by atoms with Crippen molar-refractivity contribution in [2.24, 2.45) is 10.9 Å². The Balaban J connectivity index is 0.00000484. The van der Waals surface area contributed by atoms with Crippen molar-refractivity contribution in [3.8, 4) is 0 Å². The summed E-state index contributed by atoms with van der Waals surface area (Å²) in [6, 6.07) is 8.76. The van der Waals surface area contributed by atoms with Crippen LogP contribution in [0.3, 0.4) is 0 Å². The molecular weight excluding hydrogens is 401 g/mol. The average molecular weight is 433 g/mol. The maximum Gasteiger partial charge on any atom is 0.191 e.